The van der Waals surface area contributed by atoms with Crippen molar-refractivity contribution in [3.63, 3.8) is 0 Å². The summed E-state index contributed by atoms with van der Waals surface area (Å²) in [6, 6.07) is 12.6. The van der Waals surface area contributed by atoms with Crippen molar-refractivity contribution < 1.29 is 54.0 Å². The fourth-order valence-electron chi connectivity index (χ4n) is 4.85. The number of hydrogen-bond acceptors (Lipinski definition) is 12. The van der Waals surface area contributed by atoms with Gasteiger partial charge in [-0.05, 0) is 31.4 Å². The van der Waals surface area contributed by atoms with Crippen LogP contribution < -0.4 is 21.3 Å². The molecule has 0 spiro atoms. The second kappa shape index (κ2) is 23.3. The van der Waals surface area contributed by atoms with Crippen LogP contribution >= 0.6 is 21.6 Å². The molecular formula is C36H49N5O11S2. The van der Waals surface area contributed by atoms with Crippen molar-refractivity contribution in [3.05, 3.63) is 71.3 Å². The van der Waals surface area contributed by atoms with Crippen LogP contribution in [-0.2, 0) is 24.0 Å². The Balaban J connectivity index is 1.83. The number of aliphatic carboxylic acids is 2. The molecule has 0 aromatic heterocycles. The highest BCUT2D eigenvalue weighted by atomic mass is 33.1. The molecular weight excluding hydrogens is 743 g/mol. The predicted molar refractivity (Wildman–Crippen MR) is 203 cm³/mol. The molecule has 0 aliphatic rings. The van der Waals surface area contributed by atoms with Gasteiger partial charge in [0.15, 0.2) is 12.1 Å². The van der Waals surface area contributed by atoms with Crippen LogP contribution in [0.2, 0.25) is 0 Å². The number of nitrogens with zero attached hydrogens (tertiary/aromatic N) is 1. The molecule has 0 bridgehead atoms. The van der Waals surface area contributed by atoms with Crippen LogP contribution in [0.15, 0.2) is 54.6 Å². The van der Waals surface area contributed by atoms with Gasteiger partial charge in [-0.25, -0.2) is 0 Å². The normalized spacial score (nSPS) is 12.4. The van der Waals surface area contributed by atoms with E-state index in [0.717, 1.165) is 4.90 Å². The third kappa shape index (κ3) is 18.0. The lowest BCUT2D eigenvalue weighted by Gasteiger charge is -2.27. The summed E-state index contributed by atoms with van der Waals surface area (Å²) in [7, 11) is 2.90. The molecule has 2 aromatic rings. The minimum atomic E-state index is -1.92. The first kappa shape index (κ1) is 45.7. The van der Waals surface area contributed by atoms with Gasteiger partial charge in [0.1, 0.15) is 12.1 Å². The van der Waals surface area contributed by atoms with Gasteiger partial charge in [-0.15, -0.1) is 0 Å². The maximum absolute atomic E-state index is 13.1. The topological polar surface area (TPSA) is 252 Å². The first-order valence-corrected chi connectivity index (χ1v) is 19.5. The molecule has 4 amide bonds. The molecule has 0 heterocycles. The monoisotopic (exact) mass is 791 g/mol. The summed E-state index contributed by atoms with van der Waals surface area (Å²) in [5.41, 5.74) is 1.21. The van der Waals surface area contributed by atoms with Crippen LogP contribution in [0.5, 0.6) is 0 Å². The molecule has 0 radical (unpaired) electrons. The summed E-state index contributed by atoms with van der Waals surface area (Å²) >= 11 is 0. The molecule has 8 N–H and O–H groups in total. The number of carbonyl (C=O) groups is 7. The van der Waals surface area contributed by atoms with E-state index in [1.165, 1.54) is 33.7 Å². The van der Waals surface area contributed by atoms with Gasteiger partial charge in [0.25, 0.3) is 5.91 Å². The lowest BCUT2D eigenvalue weighted by atomic mass is 10.0. The van der Waals surface area contributed by atoms with E-state index in [0.29, 0.717) is 17.5 Å². The molecule has 0 aliphatic heterocycles. The number of aliphatic hydroxyl groups excluding tert-OH is 1. The van der Waals surface area contributed by atoms with E-state index in [4.69, 9.17) is 5.11 Å². The standard InChI is InChI=1S/C36H49N5O11S2/c1-36(2,3)54-53-21-26(34(50)39-22-38-33(49)25-14-12-24(13-15-25)32(48)23-9-5-4-6-10-23)40-29(43)17-16-28(42)37-18-8-7-11-27(35(51)52)41(19-30(44)45)20-31(46)47/h4-6,9-10,12-15,26-27,30,44-45H,7-8,11,16-22H2,1-3H3,(H,37,42)(H,38,49)(H,39,50)(H,40,43)(H,46,47)(H,51,52). The summed E-state index contributed by atoms with van der Waals surface area (Å²) in [5.74, 6) is -4.65. The average Bonchev–Trinajstić information content (AvgIpc) is 3.10. The van der Waals surface area contributed by atoms with Gasteiger partial charge in [-0.3, -0.25) is 38.5 Å². The van der Waals surface area contributed by atoms with Crippen LogP contribution in [0.25, 0.3) is 0 Å². The van der Waals surface area contributed by atoms with E-state index in [9.17, 15) is 48.9 Å². The minimum Gasteiger partial charge on any atom is -0.480 e. The van der Waals surface area contributed by atoms with E-state index in [-0.39, 0.29) is 60.7 Å². The number of carboxylic acid groups (broad SMARTS) is 2. The van der Waals surface area contributed by atoms with E-state index in [2.05, 4.69) is 21.3 Å². The molecule has 54 heavy (non-hydrogen) atoms. The summed E-state index contributed by atoms with van der Waals surface area (Å²) in [5, 5.41) is 47.4. The van der Waals surface area contributed by atoms with Crippen LogP contribution in [0, 0.1) is 0 Å². The summed E-state index contributed by atoms with van der Waals surface area (Å²) in [4.78, 5) is 87.3. The molecule has 16 nitrogen and oxygen atoms in total. The minimum absolute atomic E-state index is 0.00327. The van der Waals surface area contributed by atoms with Crippen molar-refractivity contribution >= 4 is 62.9 Å². The zero-order chi connectivity index (χ0) is 40.3. The third-order valence-corrected chi connectivity index (χ3v) is 10.8. The maximum Gasteiger partial charge on any atom is 0.320 e. The lowest BCUT2D eigenvalue weighted by Crippen LogP contribution is -2.50. The van der Waals surface area contributed by atoms with Gasteiger partial charge in [0, 0.05) is 46.6 Å². The van der Waals surface area contributed by atoms with E-state index < -0.39 is 67.0 Å². The Bertz CT molecular complexity index is 1570. The maximum atomic E-state index is 13.1. The van der Waals surface area contributed by atoms with Crippen molar-refractivity contribution in [2.24, 2.45) is 0 Å². The van der Waals surface area contributed by atoms with Crippen molar-refractivity contribution in [1.29, 1.82) is 0 Å². The number of hydrogen-bond donors (Lipinski definition) is 8. The molecule has 2 atom stereocenters. The lowest BCUT2D eigenvalue weighted by molar-refractivity contribution is -0.150. The van der Waals surface area contributed by atoms with Crippen molar-refractivity contribution in [2.45, 2.75) is 76.0 Å². The Kier molecular flexibility index (Phi) is 19.7. The highest BCUT2D eigenvalue weighted by Gasteiger charge is 2.28. The second-order valence-electron chi connectivity index (χ2n) is 13.1. The Morgan fingerprint density at radius 1 is 0.778 bits per heavy atom. The van der Waals surface area contributed by atoms with Crippen molar-refractivity contribution in [1.82, 2.24) is 26.2 Å². The third-order valence-electron chi connectivity index (χ3n) is 7.42. The fourth-order valence-corrected chi connectivity index (χ4v) is 7.31. The van der Waals surface area contributed by atoms with Gasteiger partial charge in [-0.1, -0.05) is 84.8 Å². The first-order valence-electron chi connectivity index (χ1n) is 17.1. The molecule has 0 saturated carbocycles. The zero-order valence-electron chi connectivity index (χ0n) is 30.4. The molecule has 2 aromatic carbocycles. The molecule has 2 rings (SSSR count). The summed E-state index contributed by atoms with van der Waals surface area (Å²) < 4.78 is -0.128. The largest absolute Gasteiger partial charge is 0.480 e. The van der Waals surface area contributed by atoms with Crippen LogP contribution in [0.4, 0.5) is 0 Å². The smallest absolute Gasteiger partial charge is 0.320 e. The number of ketones is 1. The highest BCUT2D eigenvalue weighted by molar-refractivity contribution is 8.77. The van der Waals surface area contributed by atoms with E-state index in [1.54, 1.807) is 42.5 Å². The fraction of sp³-hybridized carbons (Fsp3) is 0.472. The number of carboxylic acids is 2. The quantitative estimate of drug-likeness (QED) is 0.0326. The Morgan fingerprint density at radius 2 is 1.39 bits per heavy atom. The van der Waals surface area contributed by atoms with Crippen LogP contribution in [0.3, 0.4) is 0 Å². The number of amides is 4. The predicted octanol–water partition coefficient (Wildman–Crippen LogP) is 1.60. The second-order valence-corrected chi connectivity index (χ2v) is 16.3. The Hall–Kier alpha value is -4.49. The number of nitrogens with one attached hydrogen (secondary N) is 4. The van der Waals surface area contributed by atoms with Crippen LogP contribution in [0.1, 0.15) is 79.2 Å². The van der Waals surface area contributed by atoms with Gasteiger partial charge < -0.3 is 41.7 Å². The summed E-state index contributed by atoms with van der Waals surface area (Å²) in [6.45, 7) is 4.65. The molecule has 0 aliphatic carbocycles. The number of unbranched alkanes of at least 4 members (excludes halogenated alkanes) is 1. The van der Waals surface area contributed by atoms with Gasteiger partial charge in [-0.2, -0.15) is 0 Å². The van der Waals surface area contributed by atoms with Gasteiger partial charge >= 0.3 is 11.9 Å². The van der Waals surface area contributed by atoms with Crippen molar-refractivity contribution in [3.8, 4) is 0 Å². The SMILES string of the molecule is CC(C)(C)SSCC(NC(=O)CCC(=O)NCCCCC(C(=O)O)N(CC(=O)O)CC(O)O)C(=O)NCNC(=O)c1ccc(C(=O)c2ccccc2)cc1. The average molecular weight is 792 g/mol. The highest BCUT2D eigenvalue weighted by Crippen LogP contribution is 2.35. The van der Waals surface area contributed by atoms with Crippen LogP contribution in [-0.4, -0.2) is 122 Å². The Morgan fingerprint density at radius 3 is 1.98 bits per heavy atom. The first-order chi connectivity index (χ1) is 25.5. The molecule has 2 unspecified atom stereocenters. The Labute approximate surface area is 321 Å². The number of rotatable bonds is 24. The zero-order valence-corrected chi connectivity index (χ0v) is 32.0. The van der Waals surface area contributed by atoms with Gasteiger partial charge in [0.2, 0.25) is 17.7 Å². The van der Waals surface area contributed by atoms with E-state index >= 15 is 0 Å². The van der Waals surface area contributed by atoms with Gasteiger partial charge in [0.05, 0.1) is 19.8 Å². The molecule has 0 saturated heterocycles. The van der Waals surface area contributed by atoms with E-state index in [1.807, 2.05) is 20.8 Å². The van der Waals surface area contributed by atoms with Crippen molar-refractivity contribution in [2.75, 3.05) is 32.1 Å². The summed E-state index contributed by atoms with van der Waals surface area (Å²) in [6.07, 6.45) is -1.72. The number of carbonyl (C=O) groups excluding carboxylic acids is 5. The number of aliphatic hydroxyl groups is 2. The molecule has 18 heteroatoms. The number of benzene rings is 2. The molecule has 296 valence electrons. The molecule has 0 fully saturated rings.